The number of ether oxygens (including phenoxy) is 1. The van der Waals surface area contributed by atoms with Gasteiger partial charge in [-0.1, -0.05) is 19.9 Å². The number of nitrogens with one attached hydrogen (secondary N) is 3. The zero-order chi connectivity index (χ0) is 21.5. The van der Waals surface area contributed by atoms with E-state index < -0.39 is 36.7 Å². The zero-order valence-corrected chi connectivity index (χ0v) is 16.1. The highest BCUT2D eigenvalue weighted by molar-refractivity contribution is 6.00. The molecule has 1 aromatic rings. The fourth-order valence-electron chi connectivity index (χ4n) is 2.23. The molecule has 10 heteroatoms. The van der Waals surface area contributed by atoms with Gasteiger partial charge in [0.2, 0.25) is 5.91 Å². The average molecular weight is 403 g/mol. The lowest BCUT2D eigenvalue weighted by molar-refractivity contribution is -0.123. The molecule has 0 fully saturated rings. The number of alkyl carbamates (subject to hydrolysis) is 1. The van der Waals surface area contributed by atoms with E-state index in [4.69, 9.17) is 4.74 Å². The largest absolute Gasteiger partial charge is 0.450 e. The minimum atomic E-state index is -4.53. The van der Waals surface area contributed by atoms with Gasteiger partial charge in [0.15, 0.2) is 0 Å². The molecular formula is C18H24F3N3O4. The highest BCUT2D eigenvalue weighted by Gasteiger charge is 2.28. The summed E-state index contributed by atoms with van der Waals surface area (Å²) in [6.45, 7) is 5.43. The van der Waals surface area contributed by atoms with E-state index in [1.807, 2.05) is 0 Å². The maximum atomic E-state index is 12.6. The van der Waals surface area contributed by atoms with Crippen LogP contribution in [0, 0.1) is 12.8 Å². The van der Waals surface area contributed by atoms with Gasteiger partial charge in [0.1, 0.15) is 12.6 Å². The zero-order valence-electron chi connectivity index (χ0n) is 16.1. The smallest absolute Gasteiger partial charge is 0.407 e. The quantitative estimate of drug-likeness (QED) is 0.652. The molecule has 0 spiro atoms. The van der Waals surface area contributed by atoms with E-state index in [2.05, 4.69) is 10.6 Å². The fraction of sp³-hybridized carbons (Fsp3) is 0.500. The van der Waals surface area contributed by atoms with Crippen LogP contribution in [-0.2, 0) is 9.53 Å². The van der Waals surface area contributed by atoms with Gasteiger partial charge in [-0.05, 0) is 37.5 Å². The summed E-state index contributed by atoms with van der Waals surface area (Å²) >= 11 is 0. The van der Waals surface area contributed by atoms with E-state index in [9.17, 15) is 27.6 Å². The molecule has 0 saturated heterocycles. The van der Waals surface area contributed by atoms with Gasteiger partial charge < -0.3 is 20.7 Å². The van der Waals surface area contributed by atoms with E-state index in [0.717, 1.165) is 0 Å². The van der Waals surface area contributed by atoms with Crippen molar-refractivity contribution in [3.05, 3.63) is 29.3 Å². The third-order valence-corrected chi connectivity index (χ3v) is 3.70. The summed E-state index contributed by atoms with van der Waals surface area (Å²) in [5.74, 6) is -1.72. The Hall–Kier alpha value is -2.78. The molecule has 1 unspecified atom stereocenters. The van der Waals surface area contributed by atoms with Crippen LogP contribution in [0.2, 0.25) is 0 Å². The molecule has 7 nitrogen and oxygen atoms in total. The molecule has 0 aliphatic heterocycles. The van der Waals surface area contributed by atoms with Crippen molar-refractivity contribution >= 4 is 23.6 Å². The van der Waals surface area contributed by atoms with Crippen molar-refractivity contribution in [2.75, 3.05) is 18.5 Å². The summed E-state index contributed by atoms with van der Waals surface area (Å²) in [7, 11) is 0. The van der Waals surface area contributed by atoms with E-state index in [0.29, 0.717) is 5.56 Å². The van der Waals surface area contributed by atoms with E-state index in [1.54, 1.807) is 33.0 Å². The average Bonchev–Trinajstić information content (AvgIpc) is 2.58. The van der Waals surface area contributed by atoms with Crippen LogP contribution in [0.25, 0.3) is 0 Å². The fourth-order valence-corrected chi connectivity index (χ4v) is 2.23. The standard InChI is InChI=1S/C18H24F3N3O4/c1-5-28-17(27)24-14(10(2)3)16(26)23-13-8-12(7-6-11(13)4)15(25)22-9-18(19,20)21/h6-8,10,14H,5,9H2,1-4H3,(H,22,25)(H,23,26)(H,24,27). The van der Waals surface area contributed by atoms with Gasteiger partial charge in [0, 0.05) is 11.3 Å². The molecule has 1 rings (SSSR count). The molecule has 0 aliphatic carbocycles. The number of hydrogen-bond donors (Lipinski definition) is 3. The normalized spacial score (nSPS) is 12.3. The lowest BCUT2D eigenvalue weighted by Crippen LogP contribution is -2.47. The Morgan fingerprint density at radius 2 is 1.82 bits per heavy atom. The molecule has 0 radical (unpaired) electrons. The molecular weight excluding hydrogens is 379 g/mol. The van der Waals surface area contributed by atoms with Crippen molar-refractivity contribution in [1.29, 1.82) is 0 Å². The van der Waals surface area contributed by atoms with Crippen molar-refractivity contribution in [2.45, 2.75) is 39.9 Å². The first-order chi connectivity index (χ1) is 12.9. The van der Waals surface area contributed by atoms with Gasteiger partial charge in [-0.3, -0.25) is 9.59 Å². The molecule has 0 saturated carbocycles. The Morgan fingerprint density at radius 1 is 1.18 bits per heavy atom. The highest BCUT2D eigenvalue weighted by atomic mass is 19.4. The number of carbonyl (C=O) groups is 3. The molecule has 28 heavy (non-hydrogen) atoms. The van der Waals surface area contributed by atoms with Crippen molar-refractivity contribution in [1.82, 2.24) is 10.6 Å². The maximum Gasteiger partial charge on any atom is 0.407 e. The highest BCUT2D eigenvalue weighted by Crippen LogP contribution is 2.19. The van der Waals surface area contributed by atoms with Crippen LogP contribution < -0.4 is 16.0 Å². The summed E-state index contributed by atoms with van der Waals surface area (Å²) in [6, 6.07) is 3.23. The lowest BCUT2D eigenvalue weighted by atomic mass is 10.0. The van der Waals surface area contributed by atoms with Gasteiger partial charge in [-0.15, -0.1) is 0 Å². The summed E-state index contributed by atoms with van der Waals surface area (Å²) in [6.07, 6.45) is -5.27. The Balaban J connectivity index is 2.92. The SMILES string of the molecule is CCOC(=O)NC(C(=O)Nc1cc(C(=O)NCC(F)(F)F)ccc1C)C(C)C. The third kappa shape index (κ3) is 7.45. The Kier molecular flexibility index (Phi) is 8.27. The molecule has 156 valence electrons. The Labute approximate surface area is 161 Å². The van der Waals surface area contributed by atoms with Gasteiger partial charge >= 0.3 is 12.3 Å². The molecule has 0 heterocycles. The minimum absolute atomic E-state index is 0.0374. The molecule has 0 bridgehead atoms. The van der Waals surface area contributed by atoms with Crippen LogP contribution in [-0.4, -0.2) is 43.3 Å². The van der Waals surface area contributed by atoms with E-state index in [1.165, 1.54) is 18.2 Å². The van der Waals surface area contributed by atoms with Crippen molar-refractivity contribution in [2.24, 2.45) is 5.92 Å². The molecule has 0 aromatic heterocycles. The summed E-state index contributed by atoms with van der Waals surface area (Å²) in [4.78, 5) is 36.1. The van der Waals surface area contributed by atoms with Gasteiger partial charge in [0.05, 0.1) is 6.61 Å². The van der Waals surface area contributed by atoms with Crippen LogP contribution in [0.3, 0.4) is 0 Å². The third-order valence-electron chi connectivity index (χ3n) is 3.70. The van der Waals surface area contributed by atoms with Crippen LogP contribution in [0.4, 0.5) is 23.7 Å². The van der Waals surface area contributed by atoms with Crippen LogP contribution in [0.5, 0.6) is 0 Å². The monoisotopic (exact) mass is 403 g/mol. The molecule has 1 atom stereocenters. The van der Waals surface area contributed by atoms with Gasteiger partial charge in [-0.25, -0.2) is 4.79 Å². The molecule has 1 aromatic carbocycles. The lowest BCUT2D eigenvalue weighted by Gasteiger charge is -2.22. The van der Waals surface area contributed by atoms with E-state index in [-0.39, 0.29) is 23.8 Å². The minimum Gasteiger partial charge on any atom is -0.450 e. The van der Waals surface area contributed by atoms with Crippen molar-refractivity contribution in [3.8, 4) is 0 Å². The van der Waals surface area contributed by atoms with E-state index >= 15 is 0 Å². The number of carbonyl (C=O) groups excluding carboxylic acids is 3. The maximum absolute atomic E-state index is 12.6. The Morgan fingerprint density at radius 3 is 2.36 bits per heavy atom. The van der Waals surface area contributed by atoms with Crippen molar-refractivity contribution < 1.29 is 32.3 Å². The number of amides is 3. The summed E-state index contributed by atoms with van der Waals surface area (Å²) < 4.78 is 41.5. The van der Waals surface area contributed by atoms with Gasteiger partial charge in [-0.2, -0.15) is 13.2 Å². The first-order valence-electron chi connectivity index (χ1n) is 8.64. The topological polar surface area (TPSA) is 96.5 Å². The summed E-state index contributed by atoms with van der Waals surface area (Å²) in [5, 5.41) is 6.82. The number of aryl methyl sites for hydroxylation is 1. The van der Waals surface area contributed by atoms with Gasteiger partial charge in [0.25, 0.3) is 5.91 Å². The number of rotatable bonds is 7. The molecule has 3 amide bonds. The number of benzene rings is 1. The first kappa shape index (κ1) is 23.3. The number of hydrogen-bond acceptors (Lipinski definition) is 4. The summed E-state index contributed by atoms with van der Waals surface area (Å²) in [5.41, 5.74) is 0.810. The molecule has 0 aliphatic rings. The Bertz CT molecular complexity index is 721. The number of alkyl halides is 3. The van der Waals surface area contributed by atoms with Crippen LogP contribution >= 0.6 is 0 Å². The van der Waals surface area contributed by atoms with Crippen LogP contribution in [0.1, 0.15) is 36.7 Å². The molecule has 3 N–H and O–H groups in total. The number of halogens is 3. The second-order valence-electron chi connectivity index (χ2n) is 6.40. The van der Waals surface area contributed by atoms with Crippen molar-refractivity contribution in [3.63, 3.8) is 0 Å². The predicted octanol–water partition coefficient (Wildman–Crippen LogP) is 3.00. The first-order valence-corrected chi connectivity index (χ1v) is 8.64. The second-order valence-corrected chi connectivity index (χ2v) is 6.40. The predicted molar refractivity (Wildman–Crippen MR) is 97.0 cm³/mol. The number of anilines is 1. The second kappa shape index (κ2) is 9.95. The van der Waals surface area contributed by atoms with Crippen LogP contribution in [0.15, 0.2) is 18.2 Å².